The normalized spacial score (nSPS) is 12.9. The van der Waals surface area contributed by atoms with E-state index in [2.05, 4.69) is 26.0 Å². The summed E-state index contributed by atoms with van der Waals surface area (Å²) in [6, 6.07) is 0. The number of hydrogen-bond acceptors (Lipinski definition) is 7. The van der Waals surface area contributed by atoms with Crippen molar-refractivity contribution >= 4 is 17.9 Å². The molecule has 0 aliphatic rings. The molecular formula is C53H102NO8+. The second kappa shape index (κ2) is 45.6. The van der Waals surface area contributed by atoms with Gasteiger partial charge in [0.15, 0.2) is 6.10 Å². The van der Waals surface area contributed by atoms with E-state index >= 15 is 0 Å². The van der Waals surface area contributed by atoms with Gasteiger partial charge in [-0.05, 0) is 38.5 Å². The molecule has 1 N–H and O–H groups in total. The zero-order valence-corrected chi connectivity index (χ0v) is 41.6. The Morgan fingerprint density at radius 3 is 1.19 bits per heavy atom. The Bertz CT molecular complexity index is 1030. The van der Waals surface area contributed by atoms with Gasteiger partial charge in [-0.1, -0.05) is 212 Å². The first kappa shape index (κ1) is 60.0. The lowest BCUT2D eigenvalue weighted by Gasteiger charge is -2.25. The van der Waals surface area contributed by atoms with Crippen molar-refractivity contribution in [1.82, 2.24) is 0 Å². The molecule has 0 aliphatic heterocycles. The standard InChI is InChI=1S/C53H101NO8/c1-6-8-10-12-14-16-18-20-21-22-23-24-25-26-27-28-29-30-31-32-34-36-38-40-42-44-51(56)62-49(48-61-53(52(57)58)59-46-45-54(3,4)5)47-60-50(55)43-41-39-37-35-33-19-17-15-13-11-9-7-2/h22-23,49,53H,6-21,24-48H2,1-5H3/p+1/b23-22-. The summed E-state index contributed by atoms with van der Waals surface area (Å²) in [6.07, 6.45) is 47.1. The van der Waals surface area contributed by atoms with E-state index in [4.69, 9.17) is 18.9 Å². The molecule has 2 atom stereocenters. The summed E-state index contributed by atoms with van der Waals surface area (Å²) in [7, 11) is 5.97. The van der Waals surface area contributed by atoms with E-state index in [1.54, 1.807) is 0 Å². The highest BCUT2D eigenvalue weighted by Crippen LogP contribution is 2.16. The number of esters is 2. The Hall–Kier alpha value is -1.97. The van der Waals surface area contributed by atoms with Crippen molar-refractivity contribution in [2.75, 3.05) is 47.5 Å². The van der Waals surface area contributed by atoms with Crippen LogP contribution in [0.1, 0.15) is 251 Å². The molecule has 9 heteroatoms. The zero-order chi connectivity index (χ0) is 45.6. The number of allylic oxidation sites excluding steroid dienone is 2. The van der Waals surface area contributed by atoms with Gasteiger partial charge in [0.2, 0.25) is 0 Å². The number of carbonyl (C=O) groups is 3. The fourth-order valence-corrected chi connectivity index (χ4v) is 7.66. The number of hydrogen-bond donors (Lipinski definition) is 1. The van der Waals surface area contributed by atoms with E-state index in [0.29, 0.717) is 17.4 Å². The number of carbonyl (C=O) groups excluding carboxylic acids is 2. The molecule has 0 aromatic rings. The number of nitrogens with zero attached hydrogens (tertiary/aromatic N) is 1. The molecule has 0 bridgehead atoms. The number of aliphatic carboxylic acids is 1. The zero-order valence-electron chi connectivity index (χ0n) is 41.6. The third-order valence-corrected chi connectivity index (χ3v) is 11.8. The van der Waals surface area contributed by atoms with Crippen LogP contribution in [-0.2, 0) is 33.3 Å². The number of carboxylic acids is 1. The smallest absolute Gasteiger partial charge is 0.361 e. The molecule has 0 amide bonds. The lowest BCUT2D eigenvalue weighted by molar-refractivity contribution is -0.870. The van der Waals surface area contributed by atoms with Crippen LogP contribution in [0.4, 0.5) is 0 Å². The molecule has 0 rings (SSSR count). The average molecular weight is 881 g/mol. The first-order chi connectivity index (χ1) is 30.1. The highest BCUT2D eigenvalue weighted by molar-refractivity contribution is 5.71. The fraction of sp³-hybridized carbons (Fsp3) is 0.906. The van der Waals surface area contributed by atoms with Crippen LogP contribution in [0.3, 0.4) is 0 Å². The minimum absolute atomic E-state index is 0.175. The summed E-state index contributed by atoms with van der Waals surface area (Å²) >= 11 is 0. The van der Waals surface area contributed by atoms with E-state index in [0.717, 1.165) is 38.5 Å². The first-order valence-corrected chi connectivity index (χ1v) is 26.4. The summed E-state index contributed by atoms with van der Waals surface area (Å²) < 4.78 is 22.8. The number of rotatable bonds is 49. The number of quaternary nitrogens is 1. The second-order valence-electron chi connectivity index (χ2n) is 19.2. The van der Waals surface area contributed by atoms with Crippen LogP contribution in [0.25, 0.3) is 0 Å². The molecule has 0 aromatic carbocycles. The fourth-order valence-electron chi connectivity index (χ4n) is 7.66. The van der Waals surface area contributed by atoms with E-state index in [-0.39, 0.29) is 38.2 Å². The van der Waals surface area contributed by atoms with Gasteiger partial charge in [0, 0.05) is 12.8 Å². The third-order valence-electron chi connectivity index (χ3n) is 11.8. The molecule has 0 aromatic heterocycles. The highest BCUT2D eigenvalue weighted by Gasteiger charge is 2.25. The van der Waals surface area contributed by atoms with Gasteiger partial charge in [-0.25, -0.2) is 4.79 Å². The van der Waals surface area contributed by atoms with Crippen molar-refractivity contribution in [3.8, 4) is 0 Å². The maximum absolute atomic E-state index is 12.8. The van der Waals surface area contributed by atoms with Crippen molar-refractivity contribution in [1.29, 1.82) is 0 Å². The predicted molar refractivity (Wildman–Crippen MR) is 258 cm³/mol. The van der Waals surface area contributed by atoms with Gasteiger partial charge >= 0.3 is 17.9 Å². The molecule has 0 heterocycles. The molecule has 0 aliphatic carbocycles. The Kier molecular flexibility index (Phi) is 44.1. The van der Waals surface area contributed by atoms with Gasteiger partial charge < -0.3 is 28.5 Å². The molecule has 0 saturated heterocycles. The molecule has 9 nitrogen and oxygen atoms in total. The average Bonchev–Trinajstić information content (AvgIpc) is 3.23. The quantitative estimate of drug-likeness (QED) is 0.0212. The monoisotopic (exact) mass is 881 g/mol. The third kappa shape index (κ3) is 46.0. The number of ether oxygens (including phenoxy) is 4. The summed E-state index contributed by atoms with van der Waals surface area (Å²) in [5.41, 5.74) is 0. The van der Waals surface area contributed by atoms with Crippen molar-refractivity contribution in [2.24, 2.45) is 0 Å². The van der Waals surface area contributed by atoms with Crippen LogP contribution in [0.15, 0.2) is 12.2 Å². The minimum Gasteiger partial charge on any atom is -0.477 e. The van der Waals surface area contributed by atoms with Crippen LogP contribution in [0, 0.1) is 0 Å². The van der Waals surface area contributed by atoms with Gasteiger partial charge in [-0.15, -0.1) is 0 Å². The van der Waals surface area contributed by atoms with E-state index in [1.165, 1.54) is 186 Å². The molecule has 0 fully saturated rings. The Labute approximate surface area is 383 Å². The minimum atomic E-state index is -1.50. The number of unbranched alkanes of at least 4 members (excludes halogenated alkanes) is 32. The molecule has 0 saturated carbocycles. The maximum Gasteiger partial charge on any atom is 0.361 e. The summed E-state index contributed by atoms with van der Waals surface area (Å²) in [4.78, 5) is 37.2. The van der Waals surface area contributed by atoms with Gasteiger partial charge in [0.25, 0.3) is 6.29 Å². The van der Waals surface area contributed by atoms with Gasteiger partial charge in [0.1, 0.15) is 13.2 Å². The topological polar surface area (TPSA) is 108 Å². The largest absolute Gasteiger partial charge is 0.477 e. The van der Waals surface area contributed by atoms with Crippen molar-refractivity contribution in [3.63, 3.8) is 0 Å². The summed E-state index contributed by atoms with van der Waals surface area (Å²) in [6.45, 7) is 4.90. The van der Waals surface area contributed by atoms with Crippen LogP contribution >= 0.6 is 0 Å². The van der Waals surface area contributed by atoms with Crippen molar-refractivity contribution < 1.29 is 42.9 Å². The van der Waals surface area contributed by atoms with E-state index in [9.17, 15) is 19.5 Å². The Balaban J connectivity index is 4.20. The van der Waals surface area contributed by atoms with Crippen LogP contribution in [0.2, 0.25) is 0 Å². The molecule has 0 spiro atoms. The molecule has 2 unspecified atom stereocenters. The molecular weight excluding hydrogens is 779 g/mol. The summed E-state index contributed by atoms with van der Waals surface area (Å²) in [5, 5.41) is 9.66. The molecule has 62 heavy (non-hydrogen) atoms. The SMILES string of the molecule is CCCCCCCCCC/C=C\CCCCCCCCCCCCCCCC(=O)OC(COC(=O)CCCCCCCCCCCCCC)COC(OCC[N+](C)(C)C)C(=O)O. The van der Waals surface area contributed by atoms with E-state index < -0.39 is 18.4 Å². The Morgan fingerprint density at radius 1 is 0.468 bits per heavy atom. The number of carboxylic acid groups (broad SMARTS) is 1. The van der Waals surface area contributed by atoms with E-state index in [1.807, 2.05) is 21.1 Å². The van der Waals surface area contributed by atoms with Gasteiger partial charge in [-0.3, -0.25) is 9.59 Å². The predicted octanol–water partition coefficient (Wildman–Crippen LogP) is 14.6. The lowest BCUT2D eigenvalue weighted by Crippen LogP contribution is -2.40. The Morgan fingerprint density at radius 2 is 0.823 bits per heavy atom. The second-order valence-corrected chi connectivity index (χ2v) is 19.2. The van der Waals surface area contributed by atoms with Gasteiger partial charge in [0.05, 0.1) is 34.4 Å². The van der Waals surface area contributed by atoms with Crippen LogP contribution in [-0.4, -0.2) is 87.4 Å². The maximum atomic E-state index is 12.8. The molecule has 366 valence electrons. The van der Waals surface area contributed by atoms with Crippen LogP contribution in [0.5, 0.6) is 0 Å². The van der Waals surface area contributed by atoms with Crippen LogP contribution < -0.4 is 0 Å². The first-order valence-electron chi connectivity index (χ1n) is 26.4. The summed E-state index contributed by atoms with van der Waals surface area (Å²) in [5.74, 6) is -1.99. The number of likely N-dealkylation sites (N-methyl/N-ethyl adjacent to an activating group) is 1. The van der Waals surface area contributed by atoms with Crippen molar-refractivity contribution in [3.05, 3.63) is 12.2 Å². The highest BCUT2D eigenvalue weighted by atomic mass is 16.7. The van der Waals surface area contributed by atoms with Gasteiger partial charge in [-0.2, -0.15) is 0 Å². The van der Waals surface area contributed by atoms with Crippen molar-refractivity contribution in [2.45, 2.75) is 264 Å². The molecule has 0 radical (unpaired) electrons. The lowest BCUT2D eigenvalue weighted by atomic mass is 10.0.